The van der Waals surface area contributed by atoms with Gasteiger partial charge in [0.15, 0.2) is 0 Å². The van der Waals surface area contributed by atoms with E-state index in [0.717, 1.165) is 12.8 Å². The zero-order chi connectivity index (χ0) is 12.0. The van der Waals surface area contributed by atoms with Crippen molar-refractivity contribution in [2.45, 2.75) is 51.9 Å². The molecular formula is C11H18N2O3. The summed E-state index contributed by atoms with van der Waals surface area (Å²) in [5.74, 6) is 0.749. The first-order valence-electron chi connectivity index (χ1n) is 5.71. The topological polar surface area (TPSA) is 76.2 Å². The van der Waals surface area contributed by atoms with Crippen LogP contribution in [-0.4, -0.2) is 21.3 Å². The number of aliphatic carboxylic acids is 1. The fourth-order valence-electron chi connectivity index (χ4n) is 1.56. The molecule has 1 rings (SSSR count). The SMILES string of the molecule is CCC(CC)c1nnc(CCCC(=O)O)o1. The lowest BCUT2D eigenvalue weighted by molar-refractivity contribution is -0.137. The molecule has 1 N–H and O–H groups in total. The molecule has 0 saturated carbocycles. The van der Waals surface area contributed by atoms with Crippen LogP contribution in [0.25, 0.3) is 0 Å². The molecule has 1 heterocycles. The van der Waals surface area contributed by atoms with E-state index in [0.29, 0.717) is 30.5 Å². The van der Waals surface area contributed by atoms with Crippen molar-refractivity contribution in [3.05, 3.63) is 11.8 Å². The Morgan fingerprint density at radius 1 is 1.38 bits per heavy atom. The van der Waals surface area contributed by atoms with Crippen LogP contribution < -0.4 is 0 Å². The molecule has 1 aromatic rings. The van der Waals surface area contributed by atoms with E-state index in [4.69, 9.17) is 9.52 Å². The van der Waals surface area contributed by atoms with Crippen molar-refractivity contribution in [3.63, 3.8) is 0 Å². The molecule has 90 valence electrons. The summed E-state index contributed by atoms with van der Waals surface area (Å²) in [7, 11) is 0. The average molecular weight is 226 g/mol. The van der Waals surface area contributed by atoms with Crippen LogP contribution >= 0.6 is 0 Å². The van der Waals surface area contributed by atoms with Gasteiger partial charge in [-0.25, -0.2) is 0 Å². The van der Waals surface area contributed by atoms with Crippen molar-refractivity contribution >= 4 is 5.97 Å². The molecule has 0 aliphatic heterocycles. The van der Waals surface area contributed by atoms with Gasteiger partial charge >= 0.3 is 5.97 Å². The van der Waals surface area contributed by atoms with Crippen molar-refractivity contribution in [2.24, 2.45) is 0 Å². The summed E-state index contributed by atoms with van der Waals surface area (Å²) >= 11 is 0. The Labute approximate surface area is 94.9 Å². The normalized spacial score (nSPS) is 10.9. The summed E-state index contributed by atoms with van der Waals surface area (Å²) in [6.07, 6.45) is 3.18. The number of hydrogen-bond donors (Lipinski definition) is 1. The molecule has 0 radical (unpaired) electrons. The second-order valence-electron chi connectivity index (χ2n) is 3.79. The maximum Gasteiger partial charge on any atom is 0.303 e. The number of carbonyl (C=O) groups is 1. The van der Waals surface area contributed by atoms with E-state index in [1.807, 2.05) is 0 Å². The lowest BCUT2D eigenvalue weighted by Crippen LogP contribution is -1.96. The van der Waals surface area contributed by atoms with E-state index < -0.39 is 5.97 Å². The Hall–Kier alpha value is -1.39. The van der Waals surface area contributed by atoms with Crippen LogP contribution in [0, 0.1) is 0 Å². The predicted molar refractivity (Wildman–Crippen MR) is 58.2 cm³/mol. The van der Waals surface area contributed by atoms with Gasteiger partial charge in [0.1, 0.15) is 0 Å². The number of carboxylic acids is 1. The maximum atomic E-state index is 10.3. The van der Waals surface area contributed by atoms with Crippen LogP contribution in [-0.2, 0) is 11.2 Å². The van der Waals surface area contributed by atoms with Gasteiger partial charge < -0.3 is 9.52 Å². The maximum absolute atomic E-state index is 10.3. The Balaban J connectivity index is 2.47. The van der Waals surface area contributed by atoms with Gasteiger partial charge in [0.25, 0.3) is 0 Å². The summed E-state index contributed by atoms with van der Waals surface area (Å²) in [6, 6.07) is 0. The van der Waals surface area contributed by atoms with Crippen molar-refractivity contribution < 1.29 is 14.3 Å². The van der Waals surface area contributed by atoms with E-state index in [-0.39, 0.29) is 6.42 Å². The summed E-state index contributed by atoms with van der Waals surface area (Å²) in [4.78, 5) is 10.3. The van der Waals surface area contributed by atoms with Gasteiger partial charge in [-0.3, -0.25) is 4.79 Å². The molecule has 0 bridgehead atoms. The van der Waals surface area contributed by atoms with Crippen LogP contribution in [0.1, 0.15) is 57.2 Å². The number of nitrogens with zero attached hydrogens (tertiary/aromatic N) is 2. The summed E-state index contributed by atoms with van der Waals surface area (Å²) in [5.41, 5.74) is 0. The van der Waals surface area contributed by atoms with Crippen LogP contribution in [0.4, 0.5) is 0 Å². The summed E-state index contributed by atoms with van der Waals surface area (Å²) < 4.78 is 5.49. The highest BCUT2D eigenvalue weighted by Gasteiger charge is 2.14. The molecule has 0 aliphatic carbocycles. The van der Waals surface area contributed by atoms with E-state index in [1.165, 1.54) is 0 Å². The van der Waals surface area contributed by atoms with E-state index in [1.54, 1.807) is 0 Å². The second kappa shape index (κ2) is 6.25. The summed E-state index contributed by atoms with van der Waals surface area (Å²) in [5, 5.41) is 16.4. The molecule has 0 aliphatic rings. The minimum atomic E-state index is -0.792. The largest absolute Gasteiger partial charge is 0.481 e. The third-order valence-corrected chi connectivity index (χ3v) is 2.60. The van der Waals surface area contributed by atoms with E-state index in [9.17, 15) is 4.79 Å². The highest BCUT2D eigenvalue weighted by atomic mass is 16.4. The Morgan fingerprint density at radius 3 is 2.62 bits per heavy atom. The fourth-order valence-corrected chi connectivity index (χ4v) is 1.56. The van der Waals surface area contributed by atoms with E-state index in [2.05, 4.69) is 24.0 Å². The Morgan fingerprint density at radius 2 is 2.06 bits per heavy atom. The zero-order valence-electron chi connectivity index (χ0n) is 9.77. The van der Waals surface area contributed by atoms with Crippen LogP contribution in [0.3, 0.4) is 0 Å². The molecule has 0 fully saturated rings. The molecule has 1 aromatic heterocycles. The van der Waals surface area contributed by atoms with Crippen LogP contribution in [0.15, 0.2) is 4.42 Å². The highest BCUT2D eigenvalue weighted by Crippen LogP contribution is 2.21. The first-order chi connectivity index (χ1) is 7.67. The standard InChI is InChI=1S/C11H18N2O3/c1-3-8(4-2)11-13-12-9(16-11)6-5-7-10(14)15/h8H,3-7H2,1-2H3,(H,14,15). The lowest BCUT2D eigenvalue weighted by atomic mass is 10.0. The van der Waals surface area contributed by atoms with Crippen molar-refractivity contribution in [1.82, 2.24) is 10.2 Å². The second-order valence-corrected chi connectivity index (χ2v) is 3.79. The molecule has 0 atom stereocenters. The predicted octanol–water partition coefficient (Wildman–Crippen LogP) is 2.38. The van der Waals surface area contributed by atoms with Gasteiger partial charge in [-0.05, 0) is 19.3 Å². The van der Waals surface area contributed by atoms with Gasteiger partial charge in [0.2, 0.25) is 11.8 Å². The number of carboxylic acid groups (broad SMARTS) is 1. The van der Waals surface area contributed by atoms with Gasteiger partial charge in [-0.15, -0.1) is 10.2 Å². The van der Waals surface area contributed by atoms with Gasteiger partial charge in [0.05, 0.1) is 0 Å². The number of rotatable bonds is 7. The quantitative estimate of drug-likeness (QED) is 0.772. The minimum Gasteiger partial charge on any atom is -0.481 e. The number of aromatic nitrogens is 2. The van der Waals surface area contributed by atoms with Gasteiger partial charge in [0, 0.05) is 18.8 Å². The monoisotopic (exact) mass is 226 g/mol. The first kappa shape index (κ1) is 12.7. The molecule has 5 nitrogen and oxygen atoms in total. The Kier molecular flexibility index (Phi) is 4.95. The Bertz CT molecular complexity index is 332. The average Bonchev–Trinajstić information content (AvgIpc) is 2.68. The van der Waals surface area contributed by atoms with Gasteiger partial charge in [-0.1, -0.05) is 13.8 Å². The smallest absolute Gasteiger partial charge is 0.303 e. The molecule has 0 spiro atoms. The zero-order valence-corrected chi connectivity index (χ0v) is 9.77. The minimum absolute atomic E-state index is 0.142. The highest BCUT2D eigenvalue weighted by molar-refractivity contribution is 5.66. The summed E-state index contributed by atoms with van der Waals surface area (Å²) in [6.45, 7) is 4.17. The van der Waals surface area contributed by atoms with Gasteiger partial charge in [-0.2, -0.15) is 0 Å². The third-order valence-electron chi connectivity index (χ3n) is 2.60. The molecule has 16 heavy (non-hydrogen) atoms. The van der Waals surface area contributed by atoms with Crippen molar-refractivity contribution in [1.29, 1.82) is 0 Å². The fraction of sp³-hybridized carbons (Fsp3) is 0.727. The van der Waals surface area contributed by atoms with Crippen molar-refractivity contribution in [2.75, 3.05) is 0 Å². The molecule has 5 heteroatoms. The molecular weight excluding hydrogens is 208 g/mol. The number of aryl methyl sites for hydroxylation is 1. The lowest BCUT2D eigenvalue weighted by Gasteiger charge is -2.04. The number of hydrogen-bond acceptors (Lipinski definition) is 4. The molecule has 0 amide bonds. The van der Waals surface area contributed by atoms with Crippen LogP contribution in [0.5, 0.6) is 0 Å². The van der Waals surface area contributed by atoms with Crippen LogP contribution in [0.2, 0.25) is 0 Å². The van der Waals surface area contributed by atoms with Crippen molar-refractivity contribution in [3.8, 4) is 0 Å². The molecule has 0 saturated heterocycles. The molecule has 0 aromatic carbocycles. The van der Waals surface area contributed by atoms with E-state index >= 15 is 0 Å². The molecule has 0 unspecified atom stereocenters. The first-order valence-corrected chi connectivity index (χ1v) is 5.71. The third kappa shape index (κ3) is 3.64.